The second-order valence-corrected chi connectivity index (χ2v) is 3.91. The summed E-state index contributed by atoms with van der Waals surface area (Å²) in [5, 5.41) is 27.5. The van der Waals surface area contributed by atoms with Gasteiger partial charge in [-0.2, -0.15) is 0 Å². The first-order valence-corrected chi connectivity index (χ1v) is 5.09. The number of cyclic esters (lactones) is 1. The van der Waals surface area contributed by atoms with Crippen molar-refractivity contribution >= 4 is 5.97 Å². The molecule has 0 fully saturated rings. The van der Waals surface area contributed by atoms with Crippen LogP contribution in [0, 0.1) is 0 Å². The molecule has 0 radical (unpaired) electrons. The van der Waals surface area contributed by atoms with Crippen LogP contribution in [0.5, 0.6) is 0 Å². The topological polar surface area (TPSA) is 87.0 Å². The molecule has 0 unspecified atom stereocenters. The summed E-state index contributed by atoms with van der Waals surface area (Å²) in [4.78, 5) is 11.3. The van der Waals surface area contributed by atoms with E-state index in [9.17, 15) is 9.90 Å². The third-order valence-electron chi connectivity index (χ3n) is 2.13. The van der Waals surface area contributed by atoms with Crippen LogP contribution in [0.2, 0.25) is 0 Å². The van der Waals surface area contributed by atoms with Crippen LogP contribution in [0.3, 0.4) is 0 Å². The Morgan fingerprint density at radius 2 is 2.00 bits per heavy atom. The van der Waals surface area contributed by atoms with Gasteiger partial charge in [-0.05, 0) is 26.0 Å². The third-order valence-corrected chi connectivity index (χ3v) is 2.13. The van der Waals surface area contributed by atoms with Crippen molar-refractivity contribution in [3.8, 4) is 0 Å². The summed E-state index contributed by atoms with van der Waals surface area (Å²) < 4.78 is 4.84. The molecule has 0 amide bonds. The molecule has 3 N–H and O–H groups in total. The highest BCUT2D eigenvalue weighted by atomic mass is 16.5. The molecule has 0 bridgehead atoms. The number of rotatable bonds is 4. The Kier molecular flexibility index (Phi) is 4.23. The van der Waals surface area contributed by atoms with Gasteiger partial charge in [0.25, 0.3) is 0 Å². The predicted molar refractivity (Wildman–Crippen MR) is 56.2 cm³/mol. The highest BCUT2D eigenvalue weighted by Crippen LogP contribution is 2.21. The van der Waals surface area contributed by atoms with Crippen molar-refractivity contribution in [3.63, 3.8) is 0 Å². The van der Waals surface area contributed by atoms with Crippen LogP contribution in [-0.4, -0.2) is 39.6 Å². The predicted octanol–water partition coefficient (Wildman–Crippen LogP) is -0.134. The van der Waals surface area contributed by atoms with Gasteiger partial charge >= 0.3 is 5.97 Å². The van der Waals surface area contributed by atoms with E-state index in [0.717, 1.165) is 0 Å². The van der Waals surface area contributed by atoms with Gasteiger partial charge in [0.05, 0.1) is 12.2 Å². The summed E-state index contributed by atoms with van der Waals surface area (Å²) in [7, 11) is 0. The van der Waals surface area contributed by atoms with Crippen LogP contribution in [0.4, 0.5) is 0 Å². The van der Waals surface area contributed by atoms with Crippen molar-refractivity contribution in [2.45, 2.75) is 38.6 Å². The van der Waals surface area contributed by atoms with Crippen molar-refractivity contribution in [1.82, 2.24) is 0 Å². The van der Waals surface area contributed by atoms with Crippen LogP contribution in [0.15, 0.2) is 23.5 Å². The fourth-order valence-electron chi connectivity index (χ4n) is 1.28. The quantitative estimate of drug-likeness (QED) is 0.583. The molecule has 1 rings (SSSR count). The van der Waals surface area contributed by atoms with E-state index in [-0.39, 0.29) is 12.2 Å². The molecule has 0 aliphatic carbocycles. The largest absolute Gasteiger partial charge is 0.423 e. The lowest BCUT2D eigenvalue weighted by Crippen LogP contribution is -2.20. The van der Waals surface area contributed by atoms with Crippen LogP contribution in [-0.2, 0) is 9.53 Å². The molecule has 3 atom stereocenters. The minimum atomic E-state index is -1.08. The molecule has 5 nitrogen and oxygen atoms in total. The van der Waals surface area contributed by atoms with Crippen molar-refractivity contribution in [2.75, 3.05) is 0 Å². The zero-order valence-corrected chi connectivity index (χ0v) is 9.25. The summed E-state index contributed by atoms with van der Waals surface area (Å²) in [6.45, 7) is 3.00. The maximum Gasteiger partial charge on any atom is 0.339 e. The number of hydrogen-bond donors (Lipinski definition) is 3. The van der Waals surface area contributed by atoms with Gasteiger partial charge in [-0.3, -0.25) is 0 Å². The highest BCUT2D eigenvalue weighted by molar-refractivity contribution is 5.92. The van der Waals surface area contributed by atoms with E-state index in [1.165, 1.54) is 19.1 Å². The Labute approximate surface area is 93.7 Å². The Bertz CT molecular complexity index is 327. The Morgan fingerprint density at radius 1 is 1.38 bits per heavy atom. The minimum Gasteiger partial charge on any atom is -0.423 e. The van der Waals surface area contributed by atoms with E-state index in [1.54, 1.807) is 6.92 Å². The first-order valence-electron chi connectivity index (χ1n) is 5.09. The summed E-state index contributed by atoms with van der Waals surface area (Å²) in [6, 6.07) is 0. The molecule has 0 saturated heterocycles. The lowest BCUT2D eigenvalue weighted by molar-refractivity contribution is -0.133. The fraction of sp³-hybridized carbons (Fsp3) is 0.545. The number of aliphatic hydroxyl groups is 3. The second kappa shape index (κ2) is 5.25. The molecule has 0 aromatic heterocycles. The molecule has 0 spiro atoms. The molecular formula is C11H16O5. The standard InChI is InChI=1S/C11H16O5/c1-6(12)3-8-4-9(16-11(8)15)5-10(14)7(2)13/h4-7,10,12-14H,3H2,1-2H3/t6-,7+,10+/m0/s1. The number of carbonyl (C=O) groups is 1. The van der Waals surface area contributed by atoms with Crippen molar-refractivity contribution < 1.29 is 24.9 Å². The minimum absolute atomic E-state index is 0.203. The smallest absolute Gasteiger partial charge is 0.339 e. The van der Waals surface area contributed by atoms with Gasteiger partial charge in [-0.25, -0.2) is 4.79 Å². The first kappa shape index (κ1) is 12.9. The van der Waals surface area contributed by atoms with E-state index in [2.05, 4.69) is 0 Å². The van der Waals surface area contributed by atoms with Crippen LogP contribution in [0.25, 0.3) is 0 Å². The van der Waals surface area contributed by atoms with Crippen LogP contribution >= 0.6 is 0 Å². The zero-order valence-electron chi connectivity index (χ0n) is 9.25. The van der Waals surface area contributed by atoms with E-state index >= 15 is 0 Å². The van der Waals surface area contributed by atoms with Crippen LogP contribution in [0.1, 0.15) is 20.3 Å². The molecule has 16 heavy (non-hydrogen) atoms. The average molecular weight is 228 g/mol. The first-order chi connectivity index (χ1) is 7.40. The maximum absolute atomic E-state index is 11.3. The van der Waals surface area contributed by atoms with Gasteiger partial charge in [0.2, 0.25) is 0 Å². The van der Waals surface area contributed by atoms with Crippen molar-refractivity contribution in [1.29, 1.82) is 0 Å². The molecular weight excluding hydrogens is 212 g/mol. The molecule has 1 aliphatic rings. The lowest BCUT2D eigenvalue weighted by Gasteiger charge is -2.08. The molecule has 1 aliphatic heterocycles. The molecule has 0 aromatic rings. The molecule has 1 heterocycles. The summed E-state index contributed by atoms with van der Waals surface area (Å²) >= 11 is 0. The summed E-state index contributed by atoms with van der Waals surface area (Å²) in [5.41, 5.74) is 0.360. The molecule has 90 valence electrons. The molecule has 5 heteroatoms. The second-order valence-electron chi connectivity index (χ2n) is 3.91. The van der Waals surface area contributed by atoms with Gasteiger partial charge in [-0.15, -0.1) is 0 Å². The fourth-order valence-corrected chi connectivity index (χ4v) is 1.28. The zero-order chi connectivity index (χ0) is 12.3. The van der Waals surface area contributed by atoms with Crippen molar-refractivity contribution in [3.05, 3.63) is 23.5 Å². The van der Waals surface area contributed by atoms with Gasteiger partial charge < -0.3 is 20.1 Å². The number of allylic oxidation sites excluding steroid dienone is 1. The molecule has 0 aromatic carbocycles. The molecule has 0 saturated carbocycles. The monoisotopic (exact) mass is 228 g/mol. The number of ether oxygens (including phenoxy) is 1. The Balaban J connectivity index is 2.73. The van der Waals surface area contributed by atoms with Gasteiger partial charge in [0.15, 0.2) is 0 Å². The van der Waals surface area contributed by atoms with E-state index in [4.69, 9.17) is 14.9 Å². The average Bonchev–Trinajstić information content (AvgIpc) is 2.45. The van der Waals surface area contributed by atoms with E-state index in [0.29, 0.717) is 5.57 Å². The number of esters is 1. The number of aliphatic hydroxyl groups excluding tert-OH is 3. The van der Waals surface area contributed by atoms with Gasteiger partial charge in [-0.1, -0.05) is 0 Å². The summed E-state index contributed by atoms with van der Waals surface area (Å²) in [5.74, 6) is -0.320. The maximum atomic E-state index is 11.3. The highest BCUT2D eigenvalue weighted by Gasteiger charge is 2.23. The Morgan fingerprint density at radius 3 is 2.50 bits per heavy atom. The third kappa shape index (κ3) is 3.44. The summed E-state index contributed by atoms with van der Waals surface area (Å²) in [6.07, 6.45) is 0.296. The van der Waals surface area contributed by atoms with Gasteiger partial charge in [0.1, 0.15) is 11.9 Å². The number of hydrogen-bond acceptors (Lipinski definition) is 5. The van der Waals surface area contributed by atoms with Gasteiger partial charge in [0, 0.05) is 12.0 Å². The number of carbonyl (C=O) groups excluding carboxylic acids is 1. The van der Waals surface area contributed by atoms with E-state index in [1.807, 2.05) is 0 Å². The SMILES string of the molecule is C[C@H](O)CC1=CC(=C[C@@H](O)[C@@H](C)O)OC1=O. The Hall–Kier alpha value is -1.17. The normalized spacial score (nSPS) is 23.9. The van der Waals surface area contributed by atoms with Crippen molar-refractivity contribution in [2.24, 2.45) is 0 Å². The van der Waals surface area contributed by atoms with E-state index < -0.39 is 24.3 Å². The lowest BCUT2D eigenvalue weighted by atomic mass is 10.1. The van der Waals surface area contributed by atoms with Crippen LogP contribution < -0.4 is 0 Å².